The third kappa shape index (κ3) is 2.79. The van der Waals surface area contributed by atoms with Crippen molar-refractivity contribution in [2.45, 2.75) is 32.8 Å². The predicted octanol–water partition coefficient (Wildman–Crippen LogP) is 2.70. The molecule has 1 unspecified atom stereocenters. The van der Waals surface area contributed by atoms with Crippen molar-refractivity contribution in [2.24, 2.45) is 7.05 Å². The zero-order chi connectivity index (χ0) is 13.1. The Morgan fingerprint density at radius 2 is 2.11 bits per heavy atom. The van der Waals surface area contributed by atoms with Crippen LogP contribution in [0, 0.1) is 13.8 Å². The van der Waals surface area contributed by atoms with E-state index in [1.165, 1.54) is 5.56 Å². The van der Waals surface area contributed by atoms with Crippen molar-refractivity contribution in [1.29, 1.82) is 0 Å². The minimum Gasteiger partial charge on any atom is -0.388 e. The normalized spacial score (nSPS) is 12.7. The van der Waals surface area contributed by atoms with Gasteiger partial charge in [0.25, 0.3) is 0 Å². The molecular weight excluding hydrogens is 224 g/mol. The number of aromatic nitrogens is 2. The molecule has 0 aliphatic rings. The van der Waals surface area contributed by atoms with Crippen molar-refractivity contribution in [1.82, 2.24) is 9.55 Å². The average Bonchev–Trinajstić information content (AvgIpc) is 2.75. The van der Waals surface area contributed by atoms with Crippen LogP contribution in [0.25, 0.3) is 0 Å². The first-order valence-electron chi connectivity index (χ1n) is 6.29. The molecule has 1 aromatic heterocycles. The lowest BCUT2D eigenvalue weighted by Gasteiger charge is -2.14. The van der Waals surface area contributed by atoms with Gasteiger partial charge in [-0.15, -0.1) is 0 Å². The molecule has 0 saturated carbocycles. The lowest BCUT2D eigenvalue weighted by molar-refractivity contribution is 0.166. The Labute approximate surface area is 108 Å². The van der Waals surface area contributed by atoms with E-state index in [9.17, 15) is 5.11 Å². The highest BCUT2D eigenvalue weighted by Gasteiger charge is 2.12. The highest BCUT2D eigenvalue weighted by atomic mass is 16.3. The molecule has 2 rings (SSSR count). The van der Waals surface area contributed by atoms with Crippen molar-refractivity contribution in [3.05, 3.63) is 53.1 Å². The molecule has 1 atom stereocenters. The van der Waals surface area contributed by atoms with Gasteiger partial charge in [-0.1, -0.05) is 23.8 Å². The Hall–Kier alpha value is -1.61. The molecule has 1 N–H and O–H groups in total. The van der Waals surface area contributed by atoms with Gasteiger partial charge in [-0.05, 0) is 31.4 Å². The monoisotopic (exact) mass is 244 g/mol. The van der Waals surface area contributed by atoms with Crippen molar-refractivity contribution in [3.63, 3.8) is 0 Å². The van der Waals surface area contributed by atoms with E-state index in [2.05, 4.69) is 30.1 Å². The molecule has 0 bridgehead atoms. The minimum absolute atomic E-state index is 0.415. The Bertz CT molecular complexity index is 531. The molecule has 0 saturated heterocycles. The fourth-order valence-corrected chi connectivity index (χ4v) is 2.18. The summed E-state index contributed by atoms with van der Waals surface area (Å²) in [6, 6.07) is 6.21. The number of aliphatic hydroxyl groups is 1. The highest BCUT2D eigenvalue weighted by Crippen LogP contribution is 2.23. The van der Waals surface area contributed by atoms with Crippen molar-refractivity contribution >= 4 is 0 Å². The van der Waals surface area contributed by atoms with E-state index in [4.69, 9.17) is 0 Å². The van der Waals surface area contributed by atoms with Crippen LogP contribution < -0.4 is 0 Å². The topological polar surface area (TPSA) is 38.1 Å². The minimum atomic E-state index is -0.415. The lowest BCUT2D eigenvalue weighted by atomic mass is 9.98. The summed E-state index contributed by atoms with van der Waals surface area (Å²) < 4.78 is 2.00. The molecule has 1 aromatic carbocycles. The van der Waals surface area contributed by atoms with E-state index in [1.54, 1.807) is 6.20 Å². The van der Waals surface area contributed by atoms with Gasteiger partial charge in [0.1, 0.15) is 5.82 Å². The number of aliphatic hydroxyl groups excluding tert-OH is 1. The van der Waals surface area contributed by atoms with Gasteiger partial charge in [0.05, 0.1) is 6.10 Å². The predicted molar refractivity (Wildman–Crippen MR) is 72.4 cm³/mol. The van der Waals surface area contributed by atoms with Crippen molar-refractivity contribution < 1.29 is 5.11 Å². The Kier molecular flexibility index (Phi) is 3.82. The van der Waals surface area contributed by atoms with Crippen LogP contribution in [0.2, 0.25) is 0 Å². The van der Waals surface area contributed by atoms with Gasteiger partial charge in [-0.2, -0.15) is 0 Å². The Balaban J connectivity index is 2.06. The molecule has 0 fully saturated rings. The standard InChI is InChI=1S/C15H20N2O/c1-11-4-5-12(2)13(10-11)14(18)6-7-15-16-8-9-17(15)3/h4-5,8-10,14,18H,6-7H2,1-3H3. The van der Waals surface area contributed by atoms with E-state index < -0.39 is 6.10 Å². The molecule has 3 heteroatoms. The molecule has 0 radical (unpaired) electrons. The fourth-order valence-electron chi connectivity index (χ4n) is 2.18. The van der Waals surface area contributed by atoms with Crippen molar-refractivity contribution in [3.8, 4) is 0 Å². The maximum Gasteiger partial charge on any atom is 0.108 e. The Morgan fingerprint density at radius 1 is 1.33 bits per heavy atom. The van der Waals surface area contributed by atoms with Gasteiger partial charge in [-0.3, -0.25) is 0 Å². The zero-order valence-corrected chi connectivity index (χ0v) is 11.2. The highest BCUT2D eigenvalue weighted by molar-refractivity contribution is 5.32. The SMILES string of the molecule is Cc1ccc(C)c(C(O)CCc2nccn2C)c1. The van der Waals surface area contributed by atoms with Gasteiger partial charge in [-0.25, -0.2) is 4.98 Å². The van der Waals surface area contributed by atoms with Gasteiger partial charge < -0.3 is 9.67 Å². The molecule has 18 heavy (non-hydrogen) atoms. The molecular formula is C15H20N2O. The number of benzene rings is 1. The second-order valence-electron chi connectivity index (χ2n) is 4.87. The summed E-state index contributed by atoms with van der Waals surface area (Å²) in [6.07, 6.45) is 4.80. The molecule has 3 nitrogen and oxygen atoms in total. The molecule has 96 valence electrons. The molecule has 0 amide bonds. The van der Waals surface area contributed by atoms with E-state index in [0.717, 1.165) is 23.4 Å². The average molecular weight is 244 g/mol. The molecule has 0 aliphatic carbocycles. The van der Waals surface area contributed by atoms with Gasteiger partial charge in [0.2, 0.25) is 0 Å². The van der Waals surface area contributed by atoms with Gasteiger partial charge in [0, 0.05) is 25.9 Å². The number of aryl methyl sites for hydroxylation is 4. The Morgan fingerprint density at radius 3 is 2.78 bits per heavy atom. The summed E-state index contributed by atoms with van der Waals surface area (Å²) in [6.45, 7) is 4.09. The first-order valence-corrected chi connectivity index (χ1v) is 6.29. The summed E-state index contributed by atoms with van der Waals surface area (Å²) >= 11 is 0. The largest absolute Gasteiger partial charge is 0.388 e. The zero-order valence-electron chi connectivity index (χ0n) is 11.2. The second kappa shape index (κ2) is 5.36. The molecule has 1 heterocycles. The fraction of sp³-hybridized carbons (Fsp3) is 0.400. The molecule has 2 aromatic rings. The summed E-state index contributed by atoms with van der Waals surface area (Å²) in [5.41, 5.74) is 3.36. The third-order valence-corrected chi connectivity index (χ3v) is 3.36. The van der Waals surface area contributed by atoms with E-state index in [0.29, 0.717) is 6.42 Å². The van der Waals surface area contributed by atoms with E-state index >= 15 is 0 Å². The van der Waals surface area contributed by atoms with Gasteiger partial charge >= 0.3 is 0 Å². The maximum absolute atomic E-state index is 10.3. The first-order chi connectivity index (χ1) is 8.58. The molecule has 0 aliphatic heterocycles. The summed E-state index contributed by atoms with van der Waals surface area (Å²) in [4.78, 5) is 4.27. The van der Waals surface area contributed by atoms with Crippen LogP contribution >= 0.6 is 0 Å². The van der Waals surface area contributed by atoms with Crippen LogP contribution in [0.4, 0.5) is 0 Å². The summed E-state index contributed by atoms with van der Waals surface area (Å²) in [5.74, 6) is 1.01. The quantitative estimate of drug-likeness (QED) is 0.898. The van der Waals surface area contributed by atoms with Crippen LogP contribution in [-0.4, -0.2) is 14.7 Å². The lowest BCUT2D eigenvalue weighted by Crippen LogP contribution is -2.05. The van der Waals surface area contributed by atoms with Crippen LogP contribution in [0.15, 0.2) is 30.6 Å². The number of rotatable bonds is 4. The summed E-state index contributed by atoms with van der Waals surface area (Å²) in [7, 11) is 1.98. The molecule has 0 spiro atoms. The smallest absolute Gasteiger partial charge is 0.108 e. The van der Waals surface area contributed by atoms with E-state index in [-0.39, 0.29) is 0 Å². The third-order valence-electron chi connectivity index (χ3n) is 3.36. The van der Waals surface area contributed by atoms with E-state index in [1.807, 2.05) is 24.7 Å². The summed E-state index contributed by atoms with van der Waals surface area (Å²) in [5, 5.41) is 10.3. The number of hydrogen-bond donors (Lipinski definition) is 1. The van der Waals surface area contributed by atoms with Crippen molar-refractivity contribution in [2.75, 3.05) is 0 Å². The van der Waals surface area contributed by atoms with Crippen LogP contribution in [0.5, 0.6) is 0 Å². The van der Waals surface area contributed by atoms with Crippen LogP contribution in [0.1, 0.15) is 35.0 Å². The van der Waals surface area contributed by atoms with Gasteiger partial charge in [0.15, 0.2) is 0 Å². The number of hydrogen-bond acceptors (Lipinski definition) is 2. The maximum atomic E-state index is 10.3. The van der Waals surface area contributed by atoms with Crippen LogP contribution in [0.3, 0.4) is 0 Å². The first kappa shape index (κ1) is 12.8. The van der Waals surface area contributed by atoms with Crippen LogP contribution in [-0.2, 0) is 13.5 Å². The number of nitrogens with zero attached hydrogens (tertiary/aromatic N) is 2. The second-order valence-corrected chi connectivity index (χ2v) is 4.87. The number of imidazole rings is 1.